The van der Waals surface area contributed by atoms with Gasteiger partial charge in [-0.1, -0.05) is 5.16 Å². The SMILES string of the molecule is COC(=O)CSC1C(=NO)C2CCC1C2. The molecule has 2 bridgehead atoms. The van der Waals surface area contributed by atoms with Crippen molar-refractivity contribution < 1.29 is 14.7 Å². The largest absolute Gasteiger partial charge is 0.468 e. The standard InChI is InChI=1S/C10H15NO3S/c1-14-8(12)5-15-10-7-3-2-6(4-7)9(10)11-13/h6-7,10,13H,2-5H2,1H3. The molecule has 3 unspecified atom stereocenters. The molecule has 5 heteroatoms. The number of hydrogen-bond acceptors (Lipinski definition) is 5. The number of oxime groups is 1. The van der Waals surface area contributed by atoms with Gasteiger partial charge in [0.25, 0.3) is 0 Å². The predicted molar refractivity (Wildman–Crippen MR) is 58.3 cm³/mol. The van der Waals surface area contributed by atoms with Gasteiger partial charge in [-0.15, -0.1) is 11.8 Å². The Morgan fingerprint density at radius 3 is 3.13 bits per heavy atom. The molecule has 2 aliphatic rings. The Bertz CT molecular complexity index is 292. The topological polar surface area (TPSA) is 58.9 Å². The maximum absolute atomic E-state index is 11.0. The highest BCUT2D eigenvalue weighted by atomic mass is 32.2. The van der Waals surface area contributed by atoms with Crippen molar-refractivity contribution in [1.82, 2.24) is 0 Å². The molecule has 0 aliphatic heterocycles. The monoisotopic (exact) mass is 229 g/mol. The number of rotatable bonds is 3. The Morgan fingerprint density at radius 1 is 1.67 bits per heavy atom. The second-order valence-electron chi connectivity index (χ2n) is 4.10. The van der Waals surface area contributed by atoms with Crippen molar-refractivity contribution in [2.45, 2.75) is 24.5 Å². The van der Waals surface area contributed by atoms with Gasteiger partial charge in [0.2, 0.25) is 0 Å². The lowest BCUT2D eigenvalue weighted by Gasteiger charge is -2.21. The van der Waals surface area contributed by atoms with E-state index >= 15 is 0 Å². The van der Waals surface area contributed by atoms with Crippen molar-refractivity contribution in [3.63, 3.8) is 0 Å². The van der Waals surface area contributed by atoms with Gasteiger partial charge < -0.3 is 9.94 Å². The van der Waals surface area contributed by atoms with E-state index < -0.39 is 0 Å². The first kappa shape index (κ1) is 10.8. The summed E-state index contributed by atoms with van der Waals surface area (Å²) in [6, 6.07) is 0. The molecule has 15 heavy (non-hydrogen) atoms. The summed E-state index contributed by atoms with van der Waals surface area (Å²) in [6.45, 7) is 0. The number of thioether (sulfide) groups is 1. The predicted octanol–water partition coefficient (Wildman–Crippen LogP) is 1.52. The number of fused-ring (bicyclic) bond motifs is 2. The Balaban J connectivity index is 1.94. The number of carbonyl (C=O) groups is 1. The van der Waals surface area contributed by atoms with Crippen LogP contribution in [0.1, 0.15) is 19.3 Å². The molecule has 0 aromatic rings. The highest BCUT2D eigenvalue weighted by Gasteiger charge is 2.45. The molecule has 84 valence electrons. The second kappa shape index (κ2) is 4.43. The van der Waals surface area contributed by atoms with E-state index in [1.54, 1.807) is 11.8 Å². The molecule has 1 N–H and O–H groups in total. The molecule has 2 rings (SSSR count). The van der Waals surface area contributed by atoms with Crippen LogP contribution in [-0.2, 0) is 9.53 Å². The van der Waals surface area contributed by atoms with Crippen LogP contribution in [0.4, 0.5) is 0 Å². The Hall–Kier alpha value is -0.710. The molecule has 2 saturated carbocycles. The minimum absolute atomic E-state index is 0.208. The van der Waals surface area contributed by atoms with E-state index in [2.05, 4.69) is 9.89 Å². The van der Waals surface area contributed by atoms with Gasteiger partial charge in [-0.05, 0) is 25.2 Å². The first-order valence-corrected chi connectivity index (χ1v) is 6.21. The summed E-state index contributed by atoms with van der Waals surface area (Å²) >= 11 is 1.55. The zero-order valence-electron chi connectivity index (χ0n) is 8.68. The van der Waals surface area contributed by atoms with E-state index in [-0.39, 0.29) is 11.2 Å². The third-order valence-electron chi connectivity index (χ3n) is 3.34. The lowest BCUT2D eigenvalue weighted by molar-refractivity contribution is -0.137. The molecule has 0 saturated heterocycles. The lowest BCUT2D eigenvalue weighted by Crippen LogP contribution is -2.26. The molecule has 4 nitrogen and oxygen atoms in total. The number of nitrogens with zero attached hydrogens (tertiary/aromatic N) is 1. The molecule has 0 aromatic heterocycles. The summed E-state index contributed by atoms with van der Waals surface area (Å²) in [6.07, 6.45) is 3.46. The van der Waals surface area contributed by atoms with Crippen LogP contribution < -0.4 is 0 Å². The first-order chi connectivity index (χ1) is 7.26. The minimum Gasteiger partial charge on any atom is -0.468 e. The number of ether oxygens (including phenoxy) is 1. The van der Waals surface area contributed by atoms with Gasteiger partial charge in [0, 0.05) is 5.92 Å². The molecule has 0 heterocycles. The Morgan fingerprint density at radius 2 is 2.47 bits per heavy atom. The maximum Gasteiger partial charge on any atom is 0.315 e. The number of methoxy groups -OCH3 is 1. The number of hydrogen-bond donors (Lipinski definition) is 1. The van der Waals surface area contributed by atoms with Crippen molar-refractivity contribution in [3.05, 3.63) is 0 Å². The van der Waals surface area contributed by atoms with Gasteiger partial charge in [0.15, 0.2) is 0 Å². The van der Waals surface area contributed by atoms with E-state index in [0.717, 1.165) is 18.6 Å². The van der Waals surface area contributed by atoms with Crippen molar-refractivity contribution in [3.8, 4) is 0 Å². The van der Waals surface area contributed by atoms with Gasteiger partial charge in [-0.25, -0.2) is 0 Å². The van der Waals surface area contributed by atoms with Gasteiger partial charge in [0.1, 0.15) is 0 Å². The summed E-state index contributed by atoms with van der Waals surface area (Å²) in [4.78, 5) is 11.0. The van der Waals surface area contributed by atoms with Crippen molar-refractivity contribution in [2.24, 2.45) is 17.0 Å². The van der Waals surface area contributed by atoms with E-state index in [9.17, 15) is 4.79 Å². The smallest absolute Gasteiger partial charge is 0.315 e. The second-order valence-corrected chi connectivity index (χ2v) is 5.23. The van der Waals surface area contributed by atoms with Crippen LogP contribution in [0.5, 0.6) is 0 Å². The number of esters is 1. The highest BCUT2D eigenvalue weighted by molar-refractivity contribution is 8.01. The maximum atomic E-state index is 11.0. The third-order valence-corrected chi connectivity index (χ3v) is 4.72. The van der Waals surface area contributed by atoms with Crippen LogP contribution >= 0.6 is 11.8 Å². The van der Waals surface area contributed by atoms with Crippen LogP contribution in [0.2, 0.25) is 0 Å². The van der Waals surface area contributed by atoms with Gasteiger partial charge in [0.05, 0.1) is 23.8 Å². The number of carbonyl (C=O) groups excluding carboxylic acids is 1. The summed E-state index contributed by atoms with van der Waals surface area (Å²) in [5.74, 6) is 1.19. The summed E-state index contributed by atoms with van der Waals surface area (Å²) in [7, 11) is 1.39. The van der Waals surface area contributed by atoms with Crippen LogP contribution in [0.3, 0.4) is 0 Å². The molecule has 0 spiro atoms. The molecule has 0 amide bonds. The van der Waals surface area contributed by atoms with E-state index in [0.29, 0.717) is 17.6 Å². The fourth-order valence-corrected chi connectivity index (χ4v) is 3.97. The Kier molecular flexibility index (Phi) is 3.19. The van der Waals surface area contributed by atoms with Crippen LogP contribution in [0, 0.1) is 11.8 Å². The minimum atomic E-state index is -0.208. The molecular weight excluding hydrogens is 214 g/mol. The van der Waals surface area contributed by atoms with E-state index in [1.165, 1.54) is 13.5 Å². The average Bonchev–Trinajstić information content (AvgIpc) is 2.85. The fraction of sp³-hybridized carbons (Fsp3) is 0.800. The van der Waals surface area contributed by atoms with Gasteiger partial charge in [-0.3, -0.25) is 4.79 Å². The van der Waals surface area contributed by atoms with Crippen molar-refractivity contribution >= 4 is 23.4 Å². The van der Waals surface area contributed by atoms with E-state index in [1.807, 2.05) is 0 Å². The average molecular weight is 229 g/mol. The zero-order valence-corrected chi connectivity index (χ0v) is 9.50. The van der Waals surface area contributed by atoms with Crippen LogP contribution in [0.15, 0.2) is 5.16 Å². The normalized spacial score (nSPS) is 36.1. The highest BCUT2D eigenvalue weighted by Crippen LogP contribution is 2.47. The van der Waals surface area contributed by atoms with Crippen molar-refractivity contribution in [2.75, 3.05) is 12.9 Å². The molecule has 0 aromatic carbocycles. The first-order valence-electron chi connectivity index (χ1n) is 5.16. The quantitative estimate of drug-likeness (QED) is 0.453. The summed E-state index contributed by atoms with van der Waals surface area (Å²) in [5, 5.41) is 12.6. The van der Waals surface area contributed by atoms with Crippen LogP contribution in [0.25, 0.3) is 0 Å². The van der Waals surface area contributed by atoms with Crippen molar-refractivity contribution in [1.29, 1.82) is 0 Å². The van der Waals surface area contributed by atoms with Crippen LogP contribution in [-0.4, -0.2) is 35.0 Å². The molecule has 2 aliphatic carbocycles. The molecule has 3 atom stereocenters. The molecule has 2 fully saturated rings. The summed E-state index contributed by atoms with van der Waals surface area (Å²) in [5.41, 5.74) is 0.889. The summed E-state index contributed by atoms with van der Waals surface area (Å²) < 4.78 is 4.60. The Labute approximate surface area is 93.1 Å². The van der Waals surface area contributed by atoms with E-state index in [4.69, 9.17) is 5.21 Å². The zero-order chi connectivity index (χ0) is 10.8. The fourth-order valence-electron chi connectivity index (χ4n) is 2.61. The lowest BCUT2D eigenvalue weighted by atomic mass is 9.98. The molecule has 0 radical (unpaired) electrons. The van der Waals surface area contributed by atoms with Gasteiger partial charge in [-0.2, -0.15) is 0 Å². The molecular formula is C10H15NO3S. The third kappa shape index (κ3) is 1.97. The van der Waals surface area contributed by atoms with Gasteiger partial charge >= 0.3 is 5.97 Å².